The minimum Gasteiger partial charge on any atom is -0.494 e. The summed E-state index contributed by atoms with van der Waals surface area (Å²) in [5.41, 5.74) is 2.05. The zero-order chi connectivity index (χ0) is 25.4. The van der Waals surface area contributed by atoms with E-state index in [9.17, 15) is 8.78 Å². The first-order valence-electron chi connectivity index (χ1n) is 11.4. The number of piperazine rings is 1. The molecule has 0 bridgehead atoms. The quantitative estimate of drug-likeness (QED) is 0.388. The Labute approximate surface area is 205 Å². The molecule has 1 saturated heterocycles. The van der Waals surface area contributed by atoms with Gasteiger partial charge in [-0.25, -0.2) is 13.8 Å². The van der Waals surface area contributed by atoms with E-state index >= 15 is 4.39 Å². The molecule has 0 saturated carbocycles. The molecule has 2 N–H and O–H groups in total. The number of anilines is 3. The van der Waals surface area contributed by atoms with Gasteiger partial charge in [0, 0.05) is 55.1 Å². The third kappa shape index (κ3) is 4.49. The molecular formula is C25H25F3N6O2. The van der Waals surface area contributed by atoms with Crippen molar-refractivity contribution >= 4 is 28.1 Å². The number of aromatic amines is 1. The zero-order valence-electron chi connectivity index (χ0n) is 20.0. The molecule has 188 valence electrons. The molecule has 1 aliphatic heterocycles. The maximum absolute atomic E-state index is 15.2. The van der Waals surface area contributed by atoms with Crippen LogP contribution in [-0.2, 0) is 0 Å². The van der Waals surface area contributed by atoms with Gasteiger partial charge in [-0.05, 0) is 32.2 Å². The van der Waals surface area contributed by atoms with Gasteiger partial charge < -0.3 is 29.6 Å². The lowest BCUT2D eigenvalue weighted by atomic mass is 10.2. The molecule has 3 heterocycles. The average Bonchev–Trinajstić information content (AvgIpc) is 3.28. The molecule has 0 atom stereocenters. The maximum Gasteiger partial charge on any atom is 0.261 e. The van der Waals surface area contributed by atoms with Crippen molar-refractivity contribution in [1.82, 2.24) is 19.9 Å². The Morgan fingerprint density at radius 2 is 1.75 bits per heavy atom. The van der Waals surface area contributed by atoms with Gasteiger partial charge in [-0.1, -0.05) is 0 Å². The average molecular weight is 499 g/mol. The molecule has 0 radical (unpaired) electrons. The Morgan fingerprint density at radius 1 is 0.972 bits per heavy atom. The van der Waals surface area contributed by atoms with Gasteiger partial charge in [-0.15, -0.1) is 0 Å². The molecule has 8 nitrogen and oxygen atoms in total. The molecule has 0 spiro atoms. The third-order valence-electron chi connectivity index (χ3n) is 6.17. The number of aryl methyl sites for hydroxylation is 1. The summed E-state index contributed by atoms with van der Waals surface area (Å²) in [4.78, 5) is 15.0. The molecule has 2 aromatic heterocycles. The Morgan fingerprint density at radius 3 is 2.50 bits per heavy atom. The number of halogens is 3. The van der Waals surface area contributed by atoms with Crippen molar-refractivity contribution in [2.45, 2.75) is 6.92 Å². The van der Waals surface area contributed by atoms with Crippen LogP contribution in [0.5, 0.6) is 17.4 Å². The summed E-state index contributed by atoms with van der Waals surface area (Å²) < 4.78 is 55.5. The van der Waals surface area contributed by atoms with E-state index in [4.69, 9.17) is 9.47 Å². The van der Waals surface area contributed by atoms with E-state index in [-0.39, 0.29) is 16.7 Å². The van der Waals surface area contributed by atoms with Crippen molar-refractivity contribution in [3.63, 3.8) is 0 Å². The van der Waals surface area contributed by atoms with Crippen LogP contribution in [0.4, 0.5) is 30.4 Å². The predicted octanol–water partition coefficient (Wildman–Crippen LogP) is 4.98. The van der Waals surface area contributed by atoms with Crippen molar-refractivity contribution in [1.29, 1.82) is 0 Å². The zero-order valence-corrected chi connectivity index (χ0v) is 20.0. The summed E-state index contributed by atoms with van der Waals surface area (Å²) >= 11 is 0. The van der Waals surface area contributed by atoms with Crippen molar-refractivity contribution < 1.29 is 22.6 Å². The van der Waals surface area contributed by atoms with E-state index in [0.29, 0.717) is 17.1 Å². The lowest BCUT2D eigenvalue weighted by Gasteiger charge is -2.34. The smallest absolute Gasteiger partial charge is 0.261 e. The van der Waals surface area contributed by atoms with E-state index < -0.39 is 29.1 Å². The topological polar surface area (TPSA) is 78.5 Å². The van der Waals surface area contributed by atoms with Gasteiger partial charge in [0.25, 0.3) is 5.88 Å². The van der Waals surface area contributed by atoms with Crippen LogP contribution in [0.15, 0.2) is 36.7 Å². The third-order valence-corrected chi connectivity index (χ3v) is 6.17. The molecule has 0 aliphatic carbocycles. The van der Waals surface area contributed by atoms with Crippen LogP contribution in [0.25, 0.3) is 10.9 Å². The lowest BCUT2D eigenvalue weighted by Crippen LogP contribution is -2.44. The summed E-state index contributed by atoms with van der Waals surface area (Å²) in [6.45, 7) is 5.36. The summed E-state index contributed by atoms with van der Waals surface area (Å²) in [6, 6.07) is 7.85. The van der Waals surface area contributed by atoms with Crippen LogP contribution in [0, 0.1) is 24.4 Å². The number of methoxy groups -OCH3 is 1. The number of hydrogen-bond acceptors (Lipinski definition) is 7. The SMILES string of the molecule is COc1cc(N2CCN(C)CC2)ccc1Nc1ncnc(Oc2cc(F)c3[nH]c(C)cc3c2F)c1F. The lowest BCUT2D eigenvalue weighted by molar-refractivity contribution is 0.312. The van der Waals surface area contributed by atoms with Crippen molar-refractivity contribution in [2.75, 3.05) is 50.6 Å². The fourth-order valence-corrected chi connectivity index (χ4v) is 4.20. The van der Waals surface area contributed by atoms with Crippen molar-refractivity contribution in [3.8, 4) is 17.4 Å². The van der Waals surface area contributed by atoms with E-state index in [0.717, 1.165) is 44.3 Å². The van der Waals surface area contributed by atoms with E-state index in [1.54, 1.807) is 13.0 Å². The highest BCUT2D eigenvalue weighted by Gasteiger charge is 2.21. The first-order chi connectivity index (χ1) is 17.3. The summed E-state index contributed by atoms with van der Waals surface area (Å²) in [7, 11) is 3.61. The van der Waals surface area contributed by atoms with Gasteiger partial charge >= 0.3 is 0 Å². The first-order valence-corrected chi connectivity index (χ1v) is 11.4. The first kappa shape index (κ1) is 23.7. The highest BCUT2D eigenvalue weighted by Crippen LogP contribution is 2.36. The fourth-order valence-electron chi connectivity index (χ4n) is 4.20. The second kappa shape index (κ2) is 9.57. The molecule has 4 aromatic rings. The molecule has 0 unspecified atom stereocenters. The molecular weight excluding hydrogens is 473 g/mol. The number of likely N-dealkylation sites (N-methyl/N-ethyl adjacent to an activating group) is 1. The van der Waals surface area contributed by atoms with Crippen LogP contribution in [0.2, 0.25) is 0 Å². The van der Waals surface area contributed by atoms with Gasteiger partial charge in [0.2, 0.25) is 5.82 Å². The van der Waals surface area contributed by atoms with Gasteiger partial charge in [-0.3, -0.25) is 0 Å². The summed E-state index contributed by atoms with van der Waals surface area (Å²) in [5.74, 6) is -3.27. The second-order valence-electron chi connectivity index (χ2n) is 8.65. The fraction of sp³-hybridized carbons (Fsp3) is 0.280. The van der Waals surface area contributed by atoms with Crippen LogP contribution in [0.1, 0.15) is 5.69 Å². The number of nitrogens with one attached hydrogen (secondary N) is 2. The monoisotopic (exact) mass is 498 g/mol. The molecule has 0 amide bonds. The van der Waals surface area contributed by atoms with Crippen LogP contribution in [0.3, 0.4) is 0 Å². The highest BCUT2D eigenvalue weighted by molar-refractivity contribution is 5.83. The Kier molecular flexibility index (Phi) is 6.31. The Bertz CT molecular complexity index is 1420. The number of aromatic nitrogens is 3. The van der Waals surface area contributed by atoms with Gasteiger partial charge in [-0.2, -0.15) is 9.37 Å². The highest BCUT2D eigenvalue weighted by atomic mass is 19.1. The number of fused-ring (bicyclic) bond motifs is 1. The molecule has 1 fully saturated rings. The van der Waals surface area contributed by atoms with Gasteiger partial charge in [0.15, 0.2) is 23.2 Å². The van der Waals surface area contributed by atoms with E-state index in [1.165, 1.54) is 13.2 Å². The van der Waals surface area contributed by atoms with Crippen molar-refractivity contribution in [3.05, 3.63) is 59.8 Å². The van der Waals surface area contributed by atoms with Crippen LogP contribution >= 0.6 is 0 Å². The number of nitrogens with zero attached hydrogens (tertiary/aromatic N) is 4. The molecule has 2 aromatic carbocycles. The maximum atomic E-state index is 15.2. The normalized spacial score (nSPS) is 14.3. The van der Waals surface area contributed by atoms with Crippen LogP contribution in [-0.4, -0.2) is 60.2 Å². The minimum atomic E-state index is -0.965. The Hall–Kier alpha value is -3.99. The minimum absolute atomic E-state index is 0.000453. The standard InChI is InChI=1S/C25H25F3N6O2/c1-14-10-16-21(27)20(12-17(26)23(16)31-14)36-25-22(28)24(29-13-30-25)32-18-5-4-15(11-19(18)35-3)34-8-6-33(2)7-9-34/h4-5,10-13,31H,6-9H2,1-3H3,(H,29,30,32). The van der Waals surface area contributed by atoms with Gasteiger partial charge in [0.05, 0.1) is 18.3 Å². The second-order valence-corrected chi connectivity index (χ2v) is 8.65. The predicted molar refractivity (Wildman–Crippen MR) is 131 cm³/mol. The van der Waals surface area contributed by atoms with E-state index in [1.807, 2.05) is 12.1 Å². The summed E-state index contributed by atoms with van der Waals surface area (Å²) in [5, 5.41) is 2.88. The molecule has 1 aliphatic rings. The largest absolute Gasteiger partial charge is 0.494 e. The number of benzene rings is 2. The van der Waals surface area contributed by atoms with E-state index in [2.05, 4.69) is 37.1 Å². The van der Waals surface area contributed by atoms with Crippen molar-refractivity contribution in [2.24, 2.45) is 0 Å². The number of rotatable bonds is 6. The molecule has 11 heteroatoms. The molecule has 5 rings (SSSR count). The Balaban J connectivity index is 1.40. The van der Waals surface area contributed by atoms with Gasteiger partial charge in [0.1, 0.15) is 12.1 Å². The number of ether oxygens (including phenoxy) is 2. The summed E-state index contributed by atoms with van der Waals surface area (Å²) in [6.07, 6.45) is 1.07. The van der Waals surface area contributed by atoms with Crippen LogP contribution < -0.4 is 19.7 Å². The number of hydrogen-bond donors (Lipinski definition) is 2. The molecule has 36 heavy (non-hydrogen) atoms. The number of H-pyrrole nitrogens is 1.